The highest BCUT2D eigenvalue weighted by Gasteiger charge is 2.11. The topological polar surface area (TPSA) is 62.1 Å². The summed E-state index contributed by atoms with van der Waals surface area (Å²) in [7, 11) is 1.56. The van der Waals surface area contributed by atoms with Gasteiger partial charge in [0, 0.05) is 10.2 Å². The lowest BCUT2D eigenvalue weighted by Gasteiger charge is -2.08. The van der Waals surface area contributed by atoms with Crippen LogP contribution in [0.3, 0.4) is 0 Å². The SMILES string of the molecule is COc1ccc(C(=O)Nc2cccc(C#N)c2)c(Br)c1. The van der Waals surface area contributed by atoms with Crippen LogP contribution in [0.2, 0.25) is 0 Å². The minimum Gasteiger partial charge on any atom is -0.497 e. The first-order valence-corrected chi connectivity index (χ1v) is 6.58. The number of nitriles is 1. The van der Waals surface area contributed by atoms with E-state index < -0.39 is 0 Å². The van der Waals surface area contributed by atoms with Crippen LogP contribution in [0.25, 0.3) is 0 Å². The molecule has 4 nitrogen and oxygen atoms in total. The molecular formula is C15H11BrN2O2. The Bertz CT molecular complexity index is 693. The molecule has 0 radical (unpaired) electrons. The third-order valence-corrected chi connectivity index (χ3v) is 3.33. The van der Waals surface area contributed by atoms with Crippen LogP contribution in [0.1, 0.15) is 15.9 Å². The Morgan fingerprint density at radius 3 is 2.75 bits per heavy atom. The molecule has 0 fully saturated rings. The molecule has 0 atom stereocenters. The largest absolute Gasteiger partial charge is 0.497 e. The number of methoxy groups -OCH3 is 1. The third-order valence-electron chi connectivity index (χ3n) is 2.67. The van der Waals surface area contributed by atoms with E-state index in [1.54, 1.807) is 49.6 Å². The predicted octanol–water partition coefficient (Wildman–Crippen LogP) is 3.58. The van der Waals surface area contributed by atoms with E-state index in [0.29, 0.717) is 27.0 Å². The van der Waals surface area contributed by atoms with E-state index in [-0.39, 0.29) is 5.91 Å². The number of hydrogen-bond acceptors (Lipinski definition) is 3. The summed E-state index contributed by atoms with van der Waals surface area (Å²) >= 11 is 3.34. The first kappa shape index (κ1) is 14.1. The highest BCUT2D eigenvalue weighted by Crippen LogP contribution is 2.24. The van der Waals surface area contributed by atoms with Gasteiger partial charge < -0.3 is 10.1 Å². The molecule has 0 aliphatic carbocycles. The van der Waals surface area contributed by atoms with Gasteiger partial charge in [0.15, 0.2) is 0 Å². The van der Waals surface area contributed by atoms with Crippen molar-refractivity contribution in [3.8, 4) is 11.8 Å². The Kier molecular flexibility index (Phi) is 4.38. The van der Waals surface area contributed by atoms with Gasteiger partial charge in [0.1, 0.15) is 5.75 Å². The number of hydrogen-bond donors (Lipinski definition) is 1. The van der Waals surface area contributed by atoms with Crippen LogP contribution in [0.5, 0.6) is 5.75 Å². The number of carbonyl (C=O) groups is 1. The maximum Gasteiger partial charge on any atom is 0.256 e. The Morgan fingerprint density at radius 2 is 2.10 bits per heavy atom. The summed E-state index contributed by atoms with van der Waals surface area (Å²) in [5.74, 6) is 0.412. The van der Waals surface area contributed by atoms with Gasteiger partial charge in [0.25, 0.3) is 5.91 Å². The van der Waals surface area contributed by atoms with Crippen LogP contribution >= 0.6 is 15.9 Å². The maximum absolute atomic E-state index is 12.2. The van der Waals surface area contributed by atoms with Crippen LogP contribution in [0.4, 0.5) is 5.69 Å². The summed E-state index contributed by atoms with van der Waals surface area (Å²) in [5, 5.41) is 11.6. The zero-order chi connectivity index (χ0) is 14.5. The van der Waals surface area contributed by atoms with Crippen molar-refractivity contribution < 1.29 is 9.53 Å². The first-order valence-electron chi connectivity index (χ1n) is 5.79. The molecule has 0 aromatic heterocycles. The van der Waals surface area contributed by atoms with Crippen LogP contribution in [0, 0.1) is 11.3 Å². The van der Waals surface area contributed by atoms with Crippen LogP contribution in [-0.2, 0) is 0 Å². The molecule has 0 aliphatic rings. The Labute approximate surface area is 125 Å². The third kappa shape index (κ3) is 3.16. The first-order chi connectivity index (χ1) is 9.63. The summed E-state index contributed by atoms with van der Waals surface area (Å²) < 4.78 is 5.72. The fraction of sp³-hybridized carbons (Fsp3) is 0.0667. The lowest BCUT2D eigenvalue weighted by Crippen LogP contribution is -2.12. The lowest BCUT2D eigenvalue weighted by atomic mass is 10.2. The monoisotopic (exact) mass is 330 g/mol. The van der Waals surface area contributed by atoms with Crippen molar-refractivity contribution in [3.05, 3.63) is 58.1 Å². The number of anilines is 1. The fourth-order valence-electron chi connectivity index (χ4n) is 1.67. The molecule has 2 aromatic rings. The zero-order valence-corrected chi connectivity index (χ0v) is 12.3. The van der Waals surface area contributed by atoms with Crippen molar-refractivity contribution in [2.75, 3.05) is 12.4 Å². The van der Waals surface area contributed by atoms with Gasteiger partial charge in [-0.2, -0.15) is 5.26 Å². The Morgan fingerprint density at radius 1 is 1.30 bits per heavy atom. The highest BCUT2D eigenvalue weighted by atomic mass is 79.9. The van der Waals surface area contributed by atoms with E-state index in [1.165, 1.54) is 0 Å². The Balaban J connectivity index is 2.22. The molecule has 100 valence electrons. The molecule has 5 heteroatoms. The number of rotatable bonds is 3. The van der Waals surface area contributed by atoms with Crippen molar-refractivity contribution in [3.63, 3.8) is 0 Å². The number of ether oxygens (including phenoxy) is 1. The van der Waals surface area contributed by atoms with Gasteiger partial charge in [-0.05, 0) is 52.3 Å². The molecule has 0 aliphatic heterocycles. The van der Waals surface area contributed by atoms with E-state index in [0.717, 1.165) is 0 Å². The predicted molar refractivity (Wildman–Crippen MR) is 79.8 cm³/mol. The van der Waals surface area contributed by atoms with Gasteiger partial charge in [0.2, 0.25) is 0 Å². The molecule has 0 spiro atoms. The lowest BCUT2D eigenvalue weighted by molar-refractivity contribution is 0.102. The second-order valence-corrected chi connectivity index (χ2v) is 4.85. The number of nitrogens with one attached hydrogen (secondary N) is 1. The molecule has 2 rings (SSSR count). The van der Waals surface area contributed by atoms with Crippen molar-refractivity contribution >= 4 is 27.5 Å². The molecule has 2 aromatic carbocycles. The van der Waals surface area contributed by atoms with E-state index >= 15 is 0 Å². The van der Waals surface area contributed by atoms with Gasteiger partial charge in [-0.3, -0.25) is 4.79 Å². The minimum atomic E-state index is -0.255. The van der Waals surface area contributed by atoms with Gasteiger partial charge in [-0.25, -0.2) is 0 Å². The van der Waals surface area contributed by atoms with Crippen LogP contribution in [-0.4, -0.2) is 13.0 Å². The average molecular weight is 331 g/mol. The molecule has 1 N–H and O–H groups in total. The molecular weight excluding hydrogens is 320 g/mol. The number of benzene rings is 2. The van der Waals surface area contributed by atoms with Crippen LogP contribution in [0.15, 0.2) is 46.9 Å². The normalized spacial score (nSPS) is 9.65. The van der Waals surface area contributed by atoms with Gasteiger partial charge in [-0.15, -0.1) is 0 Å². The average Bonchev–Trinajstić information content (AvgIpc) is 2.47. The van der Waals surface area contributed by atoms with Crippen molar-refractivity contribution in [1.29, 1.82) is 5.26 Å². The highest BCUT2D eigenvalue weighted by molar-refractivity contribution is 9.10. The van der Waals surface area contributed by atoms with Crippen LogP contribution < -0.4 is 10.1 Å². The summed E-state index contributed by atoms with van der Waals surface area (Å²) in [6.45, 7) is 0. The Hall–Kier alpha value is -2.32. The zero-order valence-electron chi connectivity index (χ0n) is 10.7. The maximum atomic E-state index is 12.2. The minimum absolute atomic E-state index is 0.255. The molecule has 0 bridgehead atoms. The second kappa shape index (κ2) is 6.22. The van der Waals surface area contributed by atoms with Gasteiger partial charge >= 0.3 is 0 Å². The van der Waals surface area contributed by atoms with E-state index in [2.05, 4.69) is 21.2 Å². The summed E-state index contributed by atoms with van der Waals surface area (Å²) in [6.07, 6.45) is 0. The fourth-order valence-corrected chi connectivity index (χ4v) is 2.21. The molecule has 0 heterocycles. The second-order valence-electron chi connectivity index (χ2n) is 3.99. The van der Waals surface area contributed by atoms with Crippen molar-refractivity contribution in [1.82, 2.24) is 0 Å². The molecule has 1 amide bonds. The molecule has 0 unspecified atom stereocenters. The number of halogens is 1. The van der Waals surface area contributed by atoms with Crippen molar-refractivity contribution in [2.24, 2.45) is 0 Å². The molecule has 20 heavy (non-hydrogen) atoms. The smallest absolute Gasteiger partial charge is 0.256 e. The number of amides is 1. The molecule has 0 saturated heterocycles. The number of carbonyl (C=O) groups excluding carboxylic acids is 1. The number of nitrogens with zero attached hydrogens (tertiary/aromatic N) is 1. The quantitative estimate of drug-likeness (QED) is 0.935. The summed E-state index contributed by atoms with van der Waals surface area (Å²) in [4.78, 5) is 12.2. The van der Waals surface area contributed by atoms with E-state index in [9.17, 15) is 4.79 Å². The van der Waals surface area contributed by atoms with Gasteiger partial charge in [0.05, 0.1) is 24.3 Å². The molecule has 0 saturated carbocycles. The van der Waals surface area contributed by atoms with E-state index in [4.69, 9.17) is 10.00 Å². The van der Waals surface area contributed by atoms with Gasteiger partial charge in [-0.1, -0.05) is 6.07 Å². The van der Waals surface area contributed by atoms with Crippen molar-refractivity contribution in [2.45, 2.75) is 0 Å². The van der Waals surface area contributed by atoms with E-state index in [1.807, 2.05) is 6.07 Å². The summed E-state index contributed by atoms with van der Waals surface area (Å²) in [6, 6.07) is 13.9. The summed E-state index contributed by atoms with van der Waals surface area (Å²) in [5.41, 5.74) is 1.57. The standard InChI is InChI=1S/C15H11BrN2O2/c1-20-12-5-6-13(14(16)8-12)15(19)18-11-4-2-3-10(7-11)9-17/h2-8H,1H3,(H,18,19).